The number of carbonyl (C=O) groups is 2. The van der Waals surface area contributed by atoms with Gasteiger partial charge >= 0.3 is 11.9 Å². The lowest BCUT2D eigenvalue weighted by molar-refractivity contribution is -0.134. The van der Waals surface area contributed by atoms with Gasteiger partial charge in [-0.15, -0.1) is 0 Å². The average molecular weight is 217 g/mol. The summed E-state index contributed by atoms with van der Waals surface area (Å²) in [5.41, 5.74) is 0. The van der Waals surface area contributed by atoms with Crippen LogP contribution in [0, 0.1) is 0 Å². The summed E-state index contributed by atoms with van der Waals surface area (Å²) >= 11 is 0. The van der Waals surface area contributed by atoms with Gasteiger partial charge in [0.25, 0.3) is 0 Å². The minimum Gasteiger partial charge on any atom is -0.478 e. The third-order valence-corrected chi connectivity index (χ3v) is 1.04. The summed E-state index contributed by atoms with van der Waals surface area (Å²) in [5, 5.41) is 18.9. The van der Waals surface area contributed by atoms with Crippen molar-refractivity contribution in [3.63, 3.8) is 0 Å². The van der Waals surface area contributed by atoms with E-state index in [1.165, 1.54) is 0 Å². The number of aliphatic carboxylic acids is 2. The molecule has 0 amide bonds. The van der Waals surface area contributed by atoms with E-state index in [-0.39, 0.29) is 0 Å². The molecule has 0 aromatic rings. The van der Waals surface area contributed by atoms with Crippen LogP contribution >= 0.6 is 0 Å². The highest BCUT2D eigenvalue weighted by molar-refractivity contribution is 5.89. The quantitative estimate of drug-likeness (QED) is 0.614. The fraction of sp³-hybridized carbons (Fsp3) is 0.600. The first kappa shape index (κ1) is 16.1. The molecule has 0 heterocycles. The molecule has 0 atom stereocenters. The number of hydrogen-bond donors (Lipinski definition) is 3. The Bertz CT molecular complexity index is 199. The number of nitrogens with one attached hydrogen (secondary N) is 1. The van der Waals surface area contributed by atoms with E-state index in [9.17, 15) is 9.59 Å². The highest BCUT2D eigenvalue weighted by atomic mass is 16.4. The second-order valence-electron chi connectivity index (χ2n) is 3.49. The van der Waals surface area contributed by atoms with E-state index in [2.05, 4.69) is 33.0 Å². The maximum Gasteiger partial charge on any atom is 0.328 e. The first-order chi connectivity index (χ1) is 6.75. The largest absolute Gasteiger partial charge is 0.478 e. The number of hydrogen-bond acceptors (Lipinski definition) is 3. The van der Waals surface area contributed by atoms with Gasteiger partial charge in [0.05, 0.1) is 0 Å². The van der Waals surface area contributed by atoms with Crippen molar-refractivity contribution in [2.24, 2.45) is 0 Å². The van der Waals surface area contributed by atoms with Gasteiger partial charge in [-0.1, -0.05) is 27.7 Å². The molecule has 88 valence electrons. The smallest absolute Gasteiger partial charge is 0.328 e. The van der Waals surface area contributed by atoms with Crippen molar-refractivity contribution < 1.29 is 19.8 Å². The summed E-state index contributed by atoms with van der Waals surface area (Å²) in [7, 11) is 0. The Balaban J connectivity index is 0. The summed E-state index contributed by atoms with van der Waals surface area (Å²) < 4.78 is 0. The van der Waals surface area contributed by atoms with Crippen LogP contribution in [-0.2, 0) is 9.59 Å². The Labute approximate surface area is 89.8 Å². The molecule has 0 spiro atoms. The normalized spacial score (nSPS) is 10.3. The van der Waals surface area contributed by atoms with Gasteiger partial charge in [-0.3, -0.25) is 0 Å². The molecule has 15 heavy (non-hydrogen) atoms. The summed E-state index contributed by atoms with van der Waals surface area (Å²) in [6, 6.07) is 1.25. The zero-order chi connectivity index (χ0) is 12.4. The van der Waals surface area contributed by atoms with Crippen LogP contribution in [-0.4, -0.2) is 34.2 Å². The molecule has 5 heteroatoms. The van der Waals surface area contributed by atoms with Crippen LogP contribution in [0.25, 0.3) is 0 Å². The second kappa shape index (κ2) is 9.21. The van der Waals surface area contributed by atoms with Crippen LogP contribution in [0.1, 0.15) is 27.7 Å². The first-order valence-corrected chi connectivity index (χ1v) is 4.65. The minimum absolute atomic E-state index is 0.558. The lowest BCUT2D eigenvalue weighted by Crippen LogP contribution is -2.29. The Hall–Kier alpha value is -1.36. The van der Waals surface area contributed by atoms with Crippen LogP contribution in [0.4, 0.5) is 0 Å². The molecule has 0 aromatic carbocycles. The predicted octanol–water partition coefficient (Wildman–Crippen LogP) is 1.10. The Morgan fingerprint density at radius 1 is 0.933 bits per heavy atom. The molecule has 0 aliphatic heterocycles. The highest BCUT2D eigenvalue weighted by Crippen LogP contribution is 1.80. The topological polar surface area (TPSA) is 86.6 Å². The molecule has 0 bridgehead atoms. The van der Waals surface area contributed by atoms with Gasteiger partial charge in [-0.2, -0.15) is 0 Å². The molecule has 0 aromatic heterocycles. The monoisotopic (exact) mass is 217 g/mol. The fourth-order valence-corrected chi connectivity index (χ4v) is 0.809. The van der Waals surface area contributed by atoms with E-state index in [1.807, 2.05) is 0 Å². The summed E-state index contributed by atoms with van der Waals surface area (Å²) in [5.74, 6) is -2.51. The van der Waals surface area contributed by atoms with Crippen molar-refractivity contribution in [3.05, 3.63) is 12.2 Å². The summed E-state index contributed by atoms with van der Waals surface area (Å²) in [6.07, 6.45) is 1.12. The van der Waals surface area contributed by atoms with Gasteiger partial charge in [-0.05, 0) is 0 Å². The number of rotatable bonds is 4. The number of carboxylic acid groups (broad SMARTS) is 2. The van der Waals surface area contributed by atoms with E-state index < -0.39 is 11.9 Å². The van der Waals surface area contributed by atoms with Crippen LogP contribution in [0.2, 0.25) is 0 Å². The first-order valence-electron chi connectivity index (χ1n) is 4.65. The van der Waals surface area contributed by atoms with Gasteiger partial charge < -0.3 is 15.5 Å². The molecule has 0 saturated carbocycles. The molecular formula is C10H19NO4. The van der Waals surface area contributed by atoms with E-state index in [1.54, 1.807) is 0 Å². The maximum absolute atomic E-state index is 9.55. The molecule has 0 aliphatic carbocycles. The van der Waals surface area contributed by atoms with E-state index in [0.717, 1.165) is 0 Å². The van der Waals surface area contributed by atoms with Gasteiger partial charge in [0, 0.05) is 24.2 Å². The van der Waals surface area contributed by atoms with Crippen molar-refractivity contribution in [2.75, 3.05) is 0 Å². The average Bonchev–Trinajstić information content (AvgIpc) is 1.99. The Morgan fingerprint density at radius 2 is 1.20 bits per heavy atom. The third kappa shape index (κ3) is 24.5. The predicted molar refractivity (Wildman–Crippen MR) is 57.8 cm³/mol. The molecule has 3 N–H and O–H groups in total. The lowest BCUT2D eigenvalue weighted by Gasteiger charge is -2.10. The molecule has 0 unspecified atom stereocenters. The van der Waals surface area contributed by atoms with Crippen LogP contribution < -0.4 is 5.32 Å². The van der Waals surface area contributed by atoms with Gasteiger partial charge in [-0.25, -0.2) is 9.59 Å². The third-order valence-electron chi connectivity index (χ3n) is 1.04. The zero-order valence-electron chi connectivity index (χ0n) is 9.52. The minimum atomic E-state index is -1.26. The van der Waals surface area contributed by atoms with E-state index in [0.29, 0.717) is 24.2 Å². The molecular weight excluding hydrogens is 198 g/mol. The van der Waals surface area contributed by atoms with Gasteiger partial charge in [0.15, 0.2) is 0 Å². The van der Waals surface area contributed by atoms with Crippen molar-refractivity contribution in [1.29, 1.82) is 0 Å². The number of carboxylic acids is 2. The van der Waals surface area contributed by atoms with Gasteiger partial charge in [0.2, 0.25) is 0 Å². The van der Waals surface area contributed by atoms with Crippen molar-refractivity contribution >= 4 is 11.9 Å². The standard InChI is InChI=1S/C6H15N.C4H4O4/c1-5(2)7-6(3)4;5-3(6)1-2-4(7)8/h5-7H,1-4H3;1-2H,(H,5,6)(H,7,8)/b;2-1+. The molecule has 0 radical (unpaired) electrons. The van der Waals surface area contributed by atoms with Gasteiger partial charge in [0.1, 0.15) is 0 Å². The molecule has 0 fully saturated rings. The van der Waals surface area contributed by atoms with Crippen LogP contribution in [0.5, 0.6) is 0 Å². The fourth-order valence-electron chi connectivity index (χ4n) is 0.809. The second-order valence-corrected chi connectivity index (χ2v) is 3.49. The molecule has 0 saturated heterocycles. The summed E-state index contributed by atoms with van der Waals surface area (Å²) in [6.45, 7) is 8.61. The summed E-state index contributed by atoms with van der Waals surface area (Å²) in [4.78, 5) is 19.1. The van der Waals surface area contributed by atoms with Crippen molar-refractivity contribution in [2.45, 2.75) is 39.8 Å². The highest BCUT2D eigenvalue weighted by Gasteiger charge is 1.92. The lowest BCUT2D eigenvalue weighted by atomic mass is 10.3. The van der Waals surface area contributed by atoms with E-state index >= 15 is 0 Å². The molecule has 0 rings (SSSR count). The SMILES string of the molecule is CC(C)NC(C)C.O=C(O)/C=C/C(=O)O. The van der Waals surface area contributed by atoms with Crippen LogP contribution in [0.3, 0.4) is 0 Å². The van der Waals surface area contributed by atoms with Crippen molar-refractivity contribution in [1.82, 2.24) is 5.32 Å². The van der Waals surface area contributed by atoms with E-state index in [4.69, 9.17) is 10.2 Å². The Kier molecular flexibility index (Phi) is 9.87. The maximum atomic E-state index is 9.55. The van der Waals surface area contributed by atoms with Crippen LogP contribution in [0.15, 0.2) is 12.2 Å². The molecule has 0 aliphatic rings. The van der Waals surface area contributed by atoms with Crippen molar-refractivity contribution in [3.8, 4) is 0 Å². The molecule has 5 nitrogen and oxygen atoms in total. The Morgan fingerprint density at radius 3 is 1.27 bits per heavy atom. The zero-order valence-corrected chi connectivity index (χ0v) is 9.52.